The van der Waals surface area contributed by atoms with E-state index in [-0.39, 0.29) is 24.4 Å². The summed E-state index contributed by atoms with van der Waals surface area (Å²) in [4.78, 5) is 42.4. The van der Waals surface area contributed by atoms with E-state index in [0.717, 1.165) is 52.8 Å². The number of amides is 3. The third-order valence-corrected chi connectivity index (χ3v) is 8.86. The number of anilines is 1. The average Bonchev–Trinajstić information content (AvgIpc) is 3.68. The molecule has 2 fully saturated rings. The Labute approximate surface area is 250 Å². The summed E-state index contributed by atoms with van der Waals surface area (Å²) in [6.07, 6.45) is 4.98. The second kappa shape index (κ2) is 10.7. The molecule has 9 heteroatoms. The van der Waals surface area contributed by atoms with Gasteiger partial charge in [0.15, 0.2) is 12.1 Å². The molecule has 3 aliphatic heterocycles. The number of hydrogen-bond acceptors (Lipinski definition) is 7. The lowest BCUT2D eigenvalue weighted by Crippen LogP contribution is -2.45. The van der Waals surface area contributed by atoms with Crippen LogP contribution in [0.2, 0.25) is 0 Å². The van der Waals surface area contributed by atoms with Crippen molar-refractivity contribution in [1.82, 2.24) is 10.0 Å². The van der Waals surface area contributed by atoms with Crippen molar-refractivity contribution in [3.63, 3.8) is 0 Å². The number of allylic oxidation sites excluding steroid dienone is 1. The standard InChI is InChI=1S/C34H32N6O3/c1-21-11-9-12-22(2)30(21)39-33(42)29-32(34(39)43)38(37-35-29)20-27(41)40-31(24-15-7-4-8-16-24)26-18-10-17-25(28(26)36-40)19-23-13-5-3-6-14-23/h3-9,11-16,19,26,29,31-32H,10,17-18,20H2,1-2H3/b25-19+/t26-,29-,31-,32-/m1/s1. The fourth-order valence-corrected chi connectivity index (χ4v) is 6.88. The predicted octanol–water partition coefficient (Wildman–Crippen LogP) is 5.42. The molecule has 0 aromatic heterocycles. The van der Waals surface area contributed by atoms with Crippen LogP contribution in [-0.2, 0) is 14.4 Å². The summed E-state index contributed by atoms with van der Waals surface area (Å²) < 4.78 is 0. The van der Waals surface area contributed by atoms with Gasteiger partial charge in [-0.25, -0.2) is 9.91 Å². The van der Waals surface area contributed by atoms with Crippen molar-refractivity contribution >= 4 is 35.2 Å². The van der Waals surface area contributed by atoms with E-state index in [2.05, 4.69) is 28.5 Å². The molecular formula is C34H32N6O3. The van der Waals surface area contributed by atoms with E-state index in [9.17, 15) is 14.4 Å². The summed E-state index contributed by atoms with van der Waals surface area (Å²) in [5, 5.41) is 16.2. The molecule has 3 aromatic carbocycles. The van der Waals surface area contributed by atoms with Gasteiger partial charge < -0.3 is 0 Å². The van der Waals surface area contributed by atoms with Gasteiger partial charge in [-0.15, -0.1) is 0 Å². The van der Waals surface area contributed by atoms with E-state index in [1.54, 1.807) is 5.01 Å². The molecule has 0 radical (unpaired) electrons. The molecule has 3 amide bonds. The number of aryl methyl sites for hydroxylation is 2. The fourth-order valence-electron chi connectivity index (χ4n) is 6.88. The number of benzene rings is 3. The first-order valence-corrected chi connectivity index (χ1v) is 14.8. The van der Waals surface area contributed by atoms with E-state index in [1.165, 1.54) is 9.91 Å². The molecule has 216 valence electrons. The normalized spacial score (nSPS) is 25.4. The zero-order valence-electron chi connectivity index (χ0n) is 24.1. The summed E-state index contributed by atoms with van der Waals surface area (Å²) in [6.45, 7) is 3.53. The van der Waals surface area contributed by atoms with E-state index >= 15 is 0 Å². The van der Waals surface area contributed by atoms with Gasteiger partial charge in [-0.3, -0.25) is 19.4 Å². The van der Waals surface area contributed by atoms with Crippen LogP contribution in [0, 0.1) is 19.8 Å². The quantitative estimate of drug-likeness (QED) is 0.381. The fraction of sp³-hybridized carbons (Fsp3) is 0.294. The maximum absolute atomic E-state index is 14.1. The largest absolute Gasteiger partial charge is 0.271 e. The van der Waals surface area contributed by atoms with Crippen LogP contribution in [0.4, 0.5) is 5.69 Å². The Balaban J connectivity index is 1.19. The molecule has 1 saturated heterocycles. The number of hydrazone groups is 1. The zero-order chi connectivity index (χ0) is 29.7. The number of imide groups is 1. The molecule has 0 bridgehead atoms. The Morgan fingerprint density at radius 1 is 0.884 bits per heavy atom. The third kappa shape index (κ3) is 4.56. The topological polar surface area (TPSA) is 98.0 Å². The first kappa shape index (κ1) is 26.9. The molecule has 3 aromatic rings. The van der Waals surface area contributed by atoms with Crippen LogP contribution < -0.4 is 4.90 Å². The SMILES string of the molecule is Cc1cccc(C)c1N1C(=O)[C@@H]2N=NN(CC(=O)N3N=C4/C(=C/c5ccccc5)CCC[C@H]4[C@H]3c3ccccc3)[C@H]2C1=O. The maximum atomic E-state index is 14.1. The molecule has 3 heterocycles. The van der Waals surface area contributed by atoms with E-state index in [0.29, 0.717) is 5.69 Å². The van der Waals surface area contributed by atoms with Crippen LogP contribution in [0.5, 0.6) is 0 Å². The lowest BCUT2D eigenvalue weighted by Gasteiger charge is -2.30. The van der Waals surface area contributed by atoms with Crippen molar-refractivity contribution in [2.24, 2.45) is 21.4 Å². The van der Waals surface area contributed by atoms with Crippen molar-refractivity contribution < 1.29 is 14.4 Å². The number of carbonyl (C=O) groups excluding carboxylic acids is 3. The number of rotatable bonds is 5. The van der Waals surface area contributed by atoms with Crippen LogP contribution in [0.15, 0.2) is 99.9 Å². The zero-order valence-corrected chi connectivity index (χ0v) is 24.1. The van der Waals surface area contributed by atoms with Crippen LogP contribution in [-0.4, -0.2) is 52.1 Å². The maximum Gasteiger partial charge on any atom is 0.264 e. The predicted molar refractivity (Wildman–Crippen MR) is 163 cm³/mol. The lowest BCUT2D eigenvalue weighted by atomic mass is 9.77. The summed E-state index contributed by atoms with van der Waals surface area (Å²) in [6, 6.07) is 23.6. The van der Waals surface area contributed by atoms with Crippen molar-refractivity contribution in [3.05, 3.63) is 107 Å². The van der Waals surface area contributed by atoms with Crippen LogP contribution in [0.3, 0.4) is 0 Å². The van der Waals surface area contributed by atoms with E-state index in [1.807, 2.05) is 80.6 Å². The van der Waals surface area contributed by atoms with Crippen LogP contribution in [0.25, 0.3) is 6.08 Å². The third-order valence-electron chi connectivity index (χ3n) is 8.86. The van der Waals surface area contributed by atoms with Gasteiger partial charge in [0.25, 0.3) is 17.7 Å². The number of nitrogens with zero attached hydrogens (tertiary/aromatic N) is 6. The van der Waals surface area contributed by atoms with Crippen molar-refractivity contribution in [2.75, 3.05) is 11.4 Å². The second-order valence-electron chi connectivity index (χ2n) is 11.6. The van der Waals surface area contributed by atoms with Gasteiger partial charge in [-0.2, -0.15) is 10.2 Å². The Bertz CT molecular complexity index is 1680. The highest BCUT2D eigenvalue weighted by Gasteiger charge is 2.56. The highest BCUT2D eigenvalue weighted by Crippen LogP contribution is 2.45. The molecule has 0 unspecified atom stereocenters. The lowest BCUT2D eigenvalue weighted by molar-refractivity contribution is -0.136. The second-order valence-corrected chi connectivity index (χ2v) is 11.6. The van der Waals surface area contributed by atoms with E-state index < -0.39 is 23.9 Å². The summed E-state index contributed by atoms with van der Waals surface area (Å²) in [5.41, 5.74) is 6.40. The average molecular weight is 573 g/mol. The molecule has 1 saturated carbocycles. The van der Waals surface area contributed by atoms with Gasteiger partial charge in [0, 0.05) is 5.92 Å². The van der Waals surface area contributed by atoms with Gasteiger partial charge in [-0.05, 0) is 67.0 Å². The summed E-state index contributed by atoms with van der Waals surface area (Å²) in [5.74, 6) is -1.08. The molecule has 9 nitrogen and oxygen atoms in total. The van der Waals surface area contributed by atoms with Crippen LogP contribution in [0.1, 0.15) is 47.6 Å². The minimum absolute atomic E-state index is 0.0530. The van der Waals surface area contributed by atoms with Gasteiger partial charge in [0.05, 0.1) is 17.4 Å². The number of carbonyl (C=O) groups is 3. The molecule has 0 N–H and O–H groups in total. The monoisotopic (exact) mass is 572 g/mol. The number of para-hydroxylation sites is 1. The highest BCUT2D eigenvalue weighted by atomic mass is 16.2. The van der Waals surface area contributed by atoms with Gasteiger partial charge >= 0.3 is 0 Å². The smallest absolute Gasteiger partial charge is 0.264 e. The number of hydrogen-bond donors (Lipinski definition) is 0. The minimum atomic E-state index is -0.975. The van der Waals surface area contributed by atoms with Crippen molar-refractivity contribution in [3.8, 4) is 0 Å². The Morgan fingerprint density at radius 2 is 1.58 bits per heavy atom. The first-order chi connectivity index (χ1) is 20.9. The van der Waals surface area contributed by atoms with Gasteiger partial charge in [0.2, 0.25) is 0 Å². The summed E-state index contributed by atoms with van der Waals surface area (Å²) >= 11 is 0. The van der Waals surface area contributed by atoms with Gasteiger partial charge in [0.1, 0.15) is 6.54 Å². The number of fused-ring (bicyclic) bond motifs is 2. The molecule has 43 heavy (non-hydrogen) atoms. The molecule has 7 rings (SSSR count). The van der Waals surface area contributed by atoms with Crippen molar-refractivity contribution in [1.29, 1.82) is 0 Å². The Morgan fingerprint density at radius 3 is 2.30 bits per heavy atom. The minimum Gasteiger partial charge on any atom is -0.271 e. The van der Waals surface area contributed by atoms with Crippen LogP contribution >= 0.6 is 0 Å². The molecule has 1 aliphatic carbocycles. The Hall–Kier alpha value is -4.92. The first-order valence-electron chi connectivity index (χ1n) is 14.8. The molecule has 4 aliphatic rings. The molecule has 4 atom stereocenters. The van der Waals surface area contributed by atoms with Crippen molar-refractivity contribution in [2.45, 2.75) is 51.2 Å². The highest BCUT2D eigenvalue weighted by molar-refractivity contribution is 6.26. The van der Waals surface area contributed by atoms with E-state index in [4.69, 9.17) is 5.10 Å². The molecule has 0 spiro atoms. The van der Waals surface area contributed by atoms with Gasteiger partial charge in [-0.1, -0.05) is 84.1 Å². The molecular weight excluding hydrogens is 540 g/mol. The Kier molecular flexibility index (Phi) is 6.72. The summed E-state index contributed by atoms with van der Waals surface area (Å²) in [7, 11) is 0.